The van der Waals surface area contributed by atoms with Gasteiger partial charge in [0.2, 0.25) is 5.91 Å². The molecule has 0 radical (unpaired) electrons. The highest BCUT2D eigenvalue weighted by atomic mass is 16.5. The molecule has 7 heteroatoms. The lowest BCUT2D eigenvalue weighted by Gasteiger charge is -2.09. The summed E-state index contributed by atoms with van der Waals surface area (Å²) in [5, 5.41) is 6.03. The predicted octanol–water partition coefficient (Wildman–Crippen LogP) is 1.46. The minimum atomic E-state index is -0.0856. The van der Waals surface area contributed by atoms with Gasteiger partial charge in [-0.3, -0.25) is 4.79 Å². The van der Waals surface area contributed by atoms with Crippen LogP contribution in [0, 0.1) is 0 Å². The van der Waals surface area contributed by atoms with Crippen LogP contribution in [0.1, 0.15) is 36.5 Å². The van der Waals surface area contributed by atoms with Crippen molar-refractivity contribution in [2.45, 2.75) is 39.7 Å². The lowest BCUT2D eigenvalue weighted by Crippen LogP contribution is -2.30. The van der Waals surface area contributed by atoms with Gasteiger partial charge in [-0.15, -0.1) is 0 Å². The Morgan fingerprint density at radius 1 is 0.917 bits per heavy atom. The molecule has 0 aromatic heterocycles. The molecule has 1 amide bonds. The molecule has 7 nitrogen and oxygen atoms in total. The van der Waals surface area contributed by atoms with Crippen LogP contribution < -0.4 is 10.6 Å². The summed E-state index contributed by atoms with van der Waals surface area (Å²) in [6, 6.07) is 0. The molecule has 0 saturated heterocycles. The molecule has 0 saturated carbocycles. The molecule has 0 fully saturated rings. The van der Waals surface area contributed by atoms with Gasteiger partial charge in [-0.25, -0.2) is 0 Å². The Morgan fingerprint density at radius 3 is 2.00 bits per heavy atom. The van der Waals surface area contributed by atoms with Crippen LogP contribution in [-0.4, -0.2) is 77.9 Å². The van der Waals surface area contributed by atoms with Crippen LogP contribution in [0.3, 0.4) is 0 Å². The Balaban J connectivity index is -0.00000264. The summed E-state index contributed by atoms with van der Waals surface area (Å²) < 4.78 is 21.5. The van der Waals surface area contributed by atoms with E-state index in [4.69, 9.17) is 18.9 Å². The van der Waals surface area contributed by atoms with Crippen molar-refractivity contribution >= 4 is 5.91 Å². The largest absolute Gasteiger partial charge is 0.379 e. The third-order valence-corrected chi connectivity index (χ3v) is 2.97. The van der Waals surface area contributed by atoms with Crippen molar-refractivity contribution in [3.8, 4) is 0 Å². The Hall–Kier alpha value is -0.730. The number of amides is 1. The zero-order chi connectivity index (χ0) is 17.9. The van der Waals surface area contributed by atoms with E-state index in [0.29, 0.717) is 39.6 Å². The van der Waals surface area contributed by atoms with Crippen molar-refractivity contribution in [1.82, 2.24) is 10.6 Å². The highest BCUT2D eigenvalue weighted by molar-refractivity contribution is 5.77. The SMILES string of the molecule is CCNCCCOCCOCCOCCCNC(=O)COC(C)C.[HH].[HH]. The summed E-state index contributed by atoms with van der Waals surface area (Å²) in [4.78, 5) is 11.4. The maximum atomic E-state index is 11.4. The normalized spacial score (nSPS) is 11.2. The van der Waals surface area contributed by atoms with Crippen LogP contribution in [0.25, 0.3) is 0 Å². The average molecular weight is 353 g/mol. The molecule has 0 spiro atoms. The second kappa shape index (κ2) is 18.6. The van der Waals surface area contributed by atoms with E-state index in [1.807, 2.05) is 13.8 Å². The van der Waals surface area contributed by atoms with Crippen molar-refractivity contribution < 1.29 is 26.6 Å². The summed E-state index contributed by atoms with van der Waals surface area (Å²) in [6.45, 7) is 12.3. The molecule has 148 valence electrons. The lowest BCUT2D eigenvalue weighted by atomic mass is 10.4. The number of ether oxygens (including phenoxy) is 4. The molecule has 0 unspecified atom stereocenters. The van der Waals surface area contributed by atoms with Gasteiger partial charge in [-0.1, -0.05) is 6.92 Å². The monoisotopic (exact) mass is 352 g/mol. The molecule has 0 aliphatic heterocycles. The second-order valence-electron chi connectivity index (χ2n) is 5.61. The molecule has 0 atom stereocenters. The minimum Gasteiger partial charge on any atom is -0.379 e. The van der Waals surface area contributed by atoms with E-state index in [2.05, 4.69) is 17.6 Å². The maximum Gasteiger partial charge on any atom is 0.246 e. The third-order valence-electron chi connectivity index (χ3n) is 2.97. The summed E-state index contributed by atoms with van der Waals surface area (Å²) in [5.41, 5.74) is 0. The standard InChI is InChI=1S/C17H36N2O5.2H2/c1-4-18-7-5-9-21-11-13-23-14-12-22-10-6-8-19-17(20)15-24-16(2)3;;/h16,18H,4-15H2,1-3H3,(H,19,20);2*1H. The van der Waals surface area contributed by atoms with Crippen molar-refractivity contribution in [2.75, 3.05) is 65.9 Å². The van der Waals surface area contributed by atoms with Crippen LogP contribution in [0.15, 0.2) is 0 Å². The van der Waals surface area contributed by atoms with E-state index in [1.54, 1.807) is 0 Å². The van der Waals surface area contributed by atoms with Gasteiger partial charge < -0.3 is 29.6 Å². The van der Waals surface area contributed by atoms with Crippen LogP contribution >= 0.6 is 0 Å². The van der Waals surface area contributed by atoms with Gasteiger partial charge in [0.1, 0.15) is 6.61 Å². The summed E-state index contributed by atoms with van der Waals surface area (Å²) in [7, 11) is 0. The first kappa shape index (κ1) is 23.3. The van der Waals surface area contributed by atoms with Crippen LogP contribution in [0.2, 0.25) is 0 Å². The molecular formula is C17H40N2O5. The Kier molecular flexibility index (Phi) is 18.0. The van der Waals surface area contributed by atoms with Gasteiger partial charge >= 0.3 is 0 Å². The fourth-order valence-electron chi connectivity index (χ4n) is 1.71. The van der Waals surface area contributed by atoms with Gasteiger partial charge in [0.15, 0.2) is 0 Å². The van der Waals surface area contributed by atoms with Crippen LogP contribution in [0.5, 0.6) is 0 Å². The second-order valence-corrected chi connectivity index (χ2v) is 5.61. The third kappa shape index (κ3) is 19.3. The highest BCUT2D eigenvalue weighted by Gasteiger charge is 2.02. The van der Waals surface area contributed by atoms with E-state index in [1.165, 1.54) is 0 Å². The molecule has 2 N–H and O–H groups in total. The predicted molar refractivity (Wildman–Crippen MR) is 98.6 cm³/mol. The first-order valence-electron chi connectivity index (χ1n) is 8.99. The zero-order valence-electron chi connectivity index (χ0n) is 15.6. The van der Waals surface area contributed by atoms with E-state index in [0.717, 1.165) is 32.5 Å². The quantitative estimate of drug-likeness (QED) is 0.364. The minimum absolute atomic E-state index is 0. The molecule has 0 heterocycles. The average Bonchev–Trinajstić information content (AvgIpc) is 2.56. The molecule has 0 aromatic carbocycles. The lowest BCUT2D eigenvalue weighted by molar-refractivity contribution is -0.127. The Labute approximate surface area is 149 Å². The van der Waals surface area contributed by atoms with Crippen molar-refractivity contribution in [3.05, 3.63) is 0 Å². The summed E-state index contributed by atoms with van der Waals surface area (Å²) >= 11 is 0. The smallest absolute Gasteiger partial charge is 0.246 e. The van der Waals surface area contributed by atoms with E-state index >= 15 is 0 Å². The van der Waals surface area contributed by atoms with Crippen LogP contribution in [0.4, 0.5) is 0 Å². The fourth-order valence-corrected chi connectivity index (χ4v) is 1.71. The first-order chi connectivity index (χ1) is 11.7. The molecule has 0 bridgehead atoms. The molecule has 0 aliphatic carbocycles. The fraction of sp³-hybridized carbons (Fsp3) is 0.941. The molecular weight excluding hydrogens is 312 g/mol. The van der Waals surface area contributed by atoms with E-state index < -0.39 is 0 Å². The first-order valence-corrected chi connectivity index (χ1v) is 8.99. The topological polar surface area (TPSA) is 78.0 Å². The number of carbonyl (C=O) groups is 1. The van der Waals surface area contributed by atoms with E-state index in [-0.39, 0.29) is 21.5 Å². The molecule has 0 aliphatic rings. The Bertz CT molecular complexity index is 288. The van der Waals surface area contributed by atoms with Crippen molar-refractivity contribution in [3.63, 3.8) is 0 Å². The molecule has 0 aromatic rings. The van der Waals surface area contributed by atoms with Gasteiger partial charge in [0.25, 0.3) is 0 Å². The molecule has 0 rings (SSSR count). The number of hydrogen-bond donors (Lipinski definition) is 2. The number of carbonyl (C=O) groups excluding carboxylic acids is 1. The number of hydrogen-bond acceptors (Lipinski definition) is 6. The highest BCUT2D eigenvalue weighted by Crippen LogP contribution is 1.88. The van der Waals surface area contributed by atoms with Crippen molar-refractivity contribution in [1.29, 1.82) is 0 Å². The summed E-state index contributed by atoms with van der Waals surface area (Å²) in [6.07, 6.45) is 1.88. The maximum absolute atomic E-state index is 11.4. The summed E-state index contributed by atoms with van der Waals surface area (Å²) in [5.74, 6) is -0.0856. The van der Waals surface area contributed by atoms with Gasteiger partial charge in [-0.05, 0) is 39.8 Å². The zero-order valence-corrected chi connectivity index (χ0v) is 15.6. The van der Waals surface area contributed by atoms with Gasteiger partial charge in [-0.2, -0.15) is 0 Å². The Morgan fingerprint density at radius 2 is 1.46 bits per heavy atom. The van der Waals surface area contributed by atoms with Crippen molar-refractivity contribution in [2.24, 2.45) is 0 Å². The van der Waals surface area contributed by atoms with Crippen LogP contribution in [-0.2, 0) is 23.7 Å². The van der Waals surface area contributed by atoms with E-state index in [9.17, 15) is 4.79 Å². The number of rotatable bonds is 18. The van der Waals surface area contributed by atoms with Gasteiger partial charge in [0, 0.05) is 22.6 Å². The number of nitrogens with one attached hydrogen (secondary N) is 2. The molecule has 24 heavy (non-hydrogen) atoms. The van der Waals surface area contributed by atoms with Gasteiger partial charge in [0.05, 0.1) is 32.5 Å².